The summed E-state index contributed by atoms with van der Waals surface area (Å²) in [6, 6.07) is 19.2. The zero-order valence-electron chi connectivity index (χ0n) is 18.6. The van der Waals surface area contributed by atoms with Crippen molar-refractivity contribution in [2.75, 3.05) is 19.6 Å². The third kappa shape index (κ3) is 7.35. The van der Waals surface area contributed by atoms with Gasteiger partial charge < -0.3 is 15.3 Å². The van der Waals surface area contributed by atoms with Crippen molar-refractivity contribution in [2.45, 2.75) is 44.7 Å². The number of rotatable bonds is 8. The summed E-state index contributed by atoms with van der Waals surface area (Å²) in [6.07, 6.45) is 7.00. The lowest BCUT2D eigenvalue weighted by atomic mass is 10.0. The summed E-state index contributed by atoms with van der Waals surface area (Å²) in [5.74, 6) is -0.170. The SMILES string of the molecule is C/C(=C\c1ccccc1)[C@@H]1C[C@H]1NC1CCN(CCc2ccc(C(=O)O)cc2)CC1.Cl.Cl. The van der Waals surface area contributed by atoms with Gasteiger partial charge in [-0.15, -0.1) is 24.8 Å². The number of benzene rings is 2. The molecule has 6 heteroatoms. The number of carboxylic acid groups (broad SMARTS) is 1. The zero-order valence-corrected chi connectivity index (χ0v) is 20.2. The zero-order chi connectivity index (χ0) is 20.9. The largest absolute Gasteiger partial charge is 0.478 e. The Morgan fingerprint density at radius 2 is 1.72 bits per heavy atom. The summed E-state index contributed by atoms with van der Waals surface area (Å²) in [4.78, 5) is 13.5. The maximum Gasteiger partial charge on any atom is 0.335 e. The highest BCUT2D eigenvalue weighted by Gasteiger charge is 2.39. The van der Waals surface area contributed by atoms with E-state index in [1.54, 1.807) is 12.1 Å². The number of carboxylic acids is 1. The third-order valence-corrected chi connectivity index (χ3v) is 6.52. The fourth-order valence-corrected chi connectivity index (χ4v) is 4.53. The highest BCUT2D eigenvalue weighted by molar-refractivity contribution is 5.87. The Labute approximate surface area is 203 Å². The van der Waals surface area contributed by atoms with Crippen molar-refractivity contribution in [3.63, 3.8) is 0 Å². The van der Waals surface area contributed by atoms with Gasteiger partial charge in [0.2, 0.25) is 0 Å². The lowest BCUT2D eigenvalue weighted by Crippen LogP contribution is -2.44. The smallest absolute Gasteiger partial charge is 0.335 e. The van der Waals surface area contributed by atoms with Crippen LogP contribution >= 0.6 is 24.8 Å². The highest BCUT2D eigenvalue weighted by atomic mass is 35.5. The molecule has 0 amide bonds. The molecule has 4 rings (SSSR count). The predicted molar refractivity (Wildman–Crippen MR) is 136 cm³/mol. The average molecular weight is 477 g/mol. The summed E-state index contributed by atoms with van der Waals surface area (Å²) < 4.78 is 0. The van der Waals surface area contributed by atoms with E-state index in [0.29, 0.717) is 23.6 Å². The Morgan fingerprint density at radius 3 is 2.34 bits per heavy atom. The van der Waals surface area contributed by atoms with Crippen molar-refractivity contribution in [1.29, 1.82) is 0 Å². The second-order valence-electron chi connectivity index (χ2n) is 8.78. The van der Waals surface area contributed by atoms with Crippen LogP contribution in [0, 0.1) is 5.92 Å². The van der Waals surface area contributed by atoms with Gasteiger partial charge in [-0.2, -0.15) is 0 Å². The number of hydrogen-bond donors (Lipinski definition) is 2. The molecule has 2 fully saturated rings. The summed E-state index contributed by atoms with van der Waals surface area (Å²) in [5.41, 5.74) is 4.36. The molecule has 4 nitrogen and oxygen atoms in total. The minimum absolute atomic E-state index is 0. The first-order valence-electron chi connectivity index (χ1n) is 11.1. The van der Waals surface area contributed by atoms with Crippen LogP contribution in [0.15, 0.2) is 60.2 Å². The molecule has 1 aliphatic carbocycles. The van der Waals surface area contributed by atoms with E-state index in [4.69, 9.17) is 5.11 Å². The normalized spacial score (nSPS) is 21.3. The number of carbonyl (C=O) groups is 1. The first-order chi connectivity index (χ1) is 14.6. The molecule has 174 valence electrons. The van der Waals surface area contributed by atoms with Crippen molar-refractivity contribution in [3.8, 4) is 0 Å². The standard InChI is InChI=1S/C26H32N2O2.2ClH/c1-19(17-21-5-3-2-4-6-21)24-18-25(24)27-23-12-15-28(16-13-23)14-11-20-7-9-22(10-8-20)26(29)30;;/h2-10,17,23-25,27H,11-16,18H2,1H3,(H,29,30);2*1H/b19-17+;;/t24-,25+;;/m0../s1. The quantitative estimate of drug-likeness (QED) is 0.541. The van der Waals surface area contributed by atoms with Crippen molar-refractivity contribution in [3.05, 3.63) is 76.9 Å². The molecule has 0 spiro atoms. The molecule has 1 saturated carbocycles. The number of nitrogens with one attached hydrogen (secondary N) is 1. The molecule has 2 aliphatic rings. The Bertz CT molecular complexity index is 878. The van der Waals surface area contributed by atoms with Gasteiger partial charge in [-0.25, -0.2) is 4.79 Å². The number of halogens is 2. The van der Waals surface area contributed by atoms with Crippen LogP contribution in [0.1, 0.15) is 47.7 Å². The maximum atomic E-state index is 11.0. The topological polar surface area (TPSA) is 52.6 Å². The van der Waals surface area contributed by atoms with Gasteiger partial charge in [0.25, 0.3) is 0 Å². The van der Waals surface area contributed by atoms with Gasteiger partial charge >= 0.3 is 5.97 Å². The molecule has 1 saturated heterocycles. The third-order valence-electron chi connectivity index (χ3n) is 6.52. The molecule has 0 radical (unpaired) electrons. The lowest BCUT2D eigenvalue weighted by molar-refractivity contribution is 0.0697. The lowest BCUT2D eigenvalue weighted by Gasteiger charge is -2.32. The first kappa shape index (κ1) is 26.4. The van der Waals surface area contributed by atoms with Crippen LogP contribution in [0.2, 0.25) is 0 Å². The van der Waals surface area contributed by atoms with Gasteiger partial charge in [0, 0.05) is 18.6 Å². The van der Waals surface area contributed by atoms with Crippen molar-refractivity contribution in [1.82, 2.24) is 10.2 Å². The molecule has 0 unspecified atom stereocenters. The molecule has 32 heavy (non-hydrogen) atoms. The van der Waals surface area contributed by atoms with E-state index in [-0.39, 0.29) is 24.8 Å². The summed E-state index contributed by atoms with van der Waals surface area (Å²) in [5, 5.41) is 12.9. The summed E-state index contributed by atoms with van der Waals surface area (Å²) in [6.45, 7) is 5.59. The monoisotopic (exact) mass is 476 g/mol. The molecular weight excluding hydrogens is 443 g/mol. The first-order valence-corrected chi connectivity index (χ1v) is 11.1. The van der Waals surface area contributed by atoms with Gasteiger partial charge in [-0.05, 0) is 74.9 Å². The second-order valence-corrected chi connectivity index (χ2v) is 8.78. The van der Waals surface area contributed by atoms with Gasteiger partial charge in [0.05, 0.1) is 5.56 Å². The van der Waals surface area contributed by atoms with Gasteiger partial charge in [0.1, 0.15) is 0 Å². The van der Waals surface area contributed by atoms with Crippen molar-refractivity contribution < 1.29 is 9.90 Å². The maximum absolute atomic E-state index is 11.0. The molecule has 2 N–H and O–H groups in total. The van der Waals surface area contributed by atoms with Crippen LogP contribution < -0.4 is 5.32 Å². The Balaban J connectivity index is 0.00000181. The van der Waals surface area contributed by atoms with Crippen LogP contribution in [0.5, 0.6) is 0 Å². The van der Waals surface area contributed by atoms with Crippen LogP contribution in [0.3, 0.4) is 0 Å². The van der Waals surface area contributed by atoms with E-state index in [1.165, 1.54) is 36.0 Å². The molecular formula is C26H34Cl2N2O2. The van der Waals surface area contributed by atoms with Gasteiger partial charge in [-0.3, -0.25) is 0 Å². The van der Waals surface area contributed by atoms with Crippen LogP contribution in [-0.4, -0.2) is 47.7 Å². The molecule has 0 aromatic heterocycles. The number of piperidine rings is 1. The van der Waals surface area contributed by atoms with E-state index in [0.717, 1.165) is 26.1 Å². The molecule has 2 aromatic carbocycles. The molecule has 0 bridgehead atoms. The molecule has 2 atom stereocenters. The molecule has 1 heterocycles. The minimum Gasteiger partial charge on any atom is -0.478 e. The molecule has 2 aromatic rings. The number of nitrogens with zero attached hydrogens (tertiary/aromatic N) is 1. The number of likely N-dealkylation sites (tertiary alicyclic amines) is 1. The van der Waals surface area contributed by atoms with Gasteiger partial charge in [-0.1, -0.05) is 54.1 Å². The van der Waals surface area contributed by atoms with Crippen molar-refractivity contribution in [2.24, 2.45) is 5.92 Å². The highest BCUT2D eigenvalue weighted by Crippen LogP contribution is 2.38. The number of aromatic carboxylic acids is 1. The van der Waals surface area contributed by atoms with E-state index in [1.807, 2.05) is 12.1 Å². The Kier molecular flexibility index (Phi) is 10.2. The predicted octanol–water partition coefficient (Wildman–Crippen LogP) is 5.32. The fourth-order valence-electron chi connectivity index (χ4n) is 4.53. The van der Waals surface area contributed by atoms with Crippen LogP contribution in [-0.2, 0) is 6.42 Å². The average Bonchev–Trinajstić information content (AvgIpc) is 3.53. The summed E-state index contributed by atoms with van der Waals surface area (Å²) in [7, 11) is 0. The minimum atomic E-state index is -0.861. The summed E-state index contributed by atoms with van der Waals surface area (Å²) >= 11 is 0. The van der Waals surface area contributed by atoms with E-state index >= 15 is 0 Å². The van der Waals surface area contributed by atoms with E-state index in [2.05, 4.69) is 53.5 Å². The van der Waals surface area contributed by atoms with E-state index < -0.39 is 5.97 Å². The van der Waals surface area contributed by atoms with E-state index in [9.17, 15) is 4.79 Å². The molecule has 1 aliphatic heterocycles. The second kappa shape index (κ2) is 12.4. The number of hydrogen-bond acceptors (Lipinski definition) is 3. The van der Waals surface area contributed by atoms with Crippen molar-refractivity contribution >= 4 is 36.9 Å². The van der Waals surface area contributed by atoms with Crippen LogP contribution in [0.4, 0.5) is 0 Å². The van der Waals surface area contributed by atoms with Crippen LogP contribution in [0.25, 0.3) is 6.08 Å². The fraction of sp³-hybridized carbons (Fsp3) is 0.423. The van der Waals surface area contributed by atoms with Gasteiger partial charge in [0.15, 0.2) is 0 Å². The Hall–Kier alpha value is -1.85. The Morgan fingerprint density at radius 1 is 1.06 bits per heavy atom.